The summed E-state index contributed by atoms with van der Waals surface area (Å²) >= 11 is 0. The van der Waals surface area contributed by atoms with Crippen LogP contribution in [0.1, 0.15) is 42.6 Å². The monoisotopic (exact) mass is 301 g/mol. The van der Waals surface area contributed by atoms with Crippen molar-refractivity contribution >= 4 is 11.6 Å². The largest absolute Gasteiger partial charge is 0.469 e. The summed E-state index contributed by atoms with van der Waals surface area (Å²) in [6.07, 6.45) is 7.32. The van der Waals surface area contributed by atoms with E-state index < -0.39 is 0 Å². The van der Waals surface area contributed by atoms with Gasteiger partial charge in [-0.25, -0.2) is 0 Å². The molecule has 0 aromatic carbocycles. The van der Waals surface area contributed by atoms with E-state index >= 15 is 0 Å². The van der Waals surface area contributed by atoms with Crippen LogP contribution < -0.4 is 0 Å². The zero-order valence-corrected chi connectivity index (χ0v) is 13.5. The van der Waals surface area contributed by atoms with E-state index in [-0.39, 0.29) is 11.9 Å². The van der Waals surface area contributed by atoms with Crippen molar-refractivity contribution in [1.82, 2.24) is 14.6 Å². The molecular weight excluding hydrogens is 278 g/mol. The van der Waals surface area contributed by atoms with E-state index in [1.54, 1.807) is 0 Å². The molecule has 22 heavy (non-hydrogen) atoms. The predicted molar refractivity (Wildman–Crippen MR) is 83.6 cm³/mol. The quantitative estimate of drug-likeness (QED) is 0.818. The standard InChI is InChI=1S/C17H23N3O2/c1-11-8-16-19-18-12(2)20(16)10-15(11)9-13-4-6-14(7-5-13)17(21)22-3/h8,10,13-14H,4-7,9H2,1-3H3/t13-,14-. The van der Waals surface area contributed by atoms with Gasteiger partial charge in [0.1, 0.15) is 5.82 Å². The Balaban J connectivity index is 1.70. The number of carbonyl (C=O) groups is 1. The lowest BCUT2D eigenvalue weighted by Gasteiger charge is -2.27. The highest BCUT2D eigenvalue weighted by molar-refractivity contribution is 5.72. The average Bonchev–Trinajstić information content (AvgIpc) is 2.88. The molecule has 1 saturated carbocycles. The highest BCUT2D eigenvalue weighted by atomic mass is 16.5. The fourth-order valence-electron chi connectivity index (χ4n) is 3.48. The third-order valence-electron chi connectivity index (χ3n) is 4.92. The Hall–Kier alpha value is -1.91. The summed E-state index contributed by atoms with van der Waals surface area (Å²) in [6.45, 7) is 4.11. The molecule has 118 valence electrons. The zero-order chi connectivity index (χ0) is 15.7. The molecule has 0 amide bonds. The molecule has 2 aromatic rings. The van der Waals surface area contributed by atoms with Crippen molar-refractivity contribution in [1.29, 1.82) is 0 Å². The number of pyridine rings is 1. The number of aromatic nitrogens is 3. The van der Waals surface area contributed by atoms with Gasteiger partial charge in [-0.2, -0.15) is 0 Å². The Morgan fingerprint density at radius 3 is 2.68 bits per heavy atom. The number of hydrogen-bond donors (Lipinski definition) is 0. The van der Waals surface area contributed by atoms with Crippen LogP contribution in [-0.4, -0.2) is 27.7 Å². The van der Waals surface area contributed by atoms with Crippen molar-refractivity contribution in [2.45, 2.75) is 46.0 Å². The van der Waals surface area contributed by atoms with Crippen LogP contribution in [0.5, 0.6) is 0 Å². The number of nitrogens with zero attached hydrogens (tertiary/aromatic N) is 3. The first-order valence-corrected chi connectivity index (χ1v) is 7.97. The van der Waals surface area contributed by atoms with Crippen molar-refractivity contribution in [3.8, 4) is 0 Å². The summed E-state index contributed by atoms with van der Waals surface area (Å²) in [5.41, 5.74) is 3.54. The van der Waals surface area contributed by atoms with Gasteiger partial charge in [0, 0.05) is 6.20 Å². The van der Waals surface area contributed by atoms with Crippen LogP contribution in [0.25, 0.3) is 5.65 Å². The van der Waals surface area contributed by atoms with Gasteiger partial charge in [-0.3, -0.25) is 9.20 Å². The molecule has 1 aliphatic carbocycles. The Labute approximate surface area is 130 Å². The number of carbonyl (C=O) groups excluding carboxylic acids is 1. The fourth-order valence-corrected chi connectivity index (χ4v) is 3.48. The third kappa shape index (κ3) is 2.85. The van der Waals surface area contributed by atoms with Crippen LogP contribution in [0.15, 0.2) is 12.3 Å². The number of esters is 1. The molecule has 2 aromatic heterocycles. The summed E-state index contributed by atoms with van der Waals surface area (Å²) in [6, 6.07) is 2.11. The van der Waals surface area contributed by atoms with Crippen molar-refractivity contribution in [3.63, 3.8) is 0 Å². The molecule has 2 heterocycles. The Morgan fingerprint density at radius 1 is 1.27 bits per heavy atom. The van der Waals surface area contributed by atoms with Crippen molar-refractivity contribution < 1.29 is 9.53 Å². The number of rotatable bonds is 3. The van der Waals surface area contributed by atoms with Gasteiger partial charge in [0.05, 0.1) is 13.0 Å². The highest BCUT2D eigenvalue weighted by Gasteiger charge is 2.27. The second-order valence-corrected chi connectivity index (χ2v) is 6.40. The topological polar surface area (TPSA) is 56.5 Å². The maximum Gasteiger partial charge on any atom is 0.308 e. The zero-order valence-electron chi connectivity index (χ0n) is 13.5. The van der Waals surface area contributed by atoms with E-state index in [2.05, 4.69) is 33.8 Å². The Kier molecular flexibility index (Phi) is 4.14. The minimum atomic E-state index is -0.0452. The molecule has 0 radical (unpaired) electrons. The maximum absolute atomic E-state index is 11.6. The number of aryl methyl sites for hydroxylation is 2. The highest BCUT2D eigenvalue weighted by Crippen LogP contribution is 2.32. The smallest absolute Gasteiger partial charge is 0.308 e. The molecule has 0 atom stereocenters. The van der Waals surface area contributed by atoms with Crippen LogP contribution in [0.3, 0.4) is 0 Å². The minimum absolute atomic E-state index is 0.0452. The third-order valence-corrected chi connectivity index (χ3v) is 4.92. The van der Waals surface area contributed by atoms with E-state index in [9.17, 15) is 4.79 Å². The summed E-state index contributed by atoms with van der Waals surface area (Å²) in [5.74, 6) is 1.63. The lowest BCUT2D eigenvalue weighted by Crippen LogP contribution is -2.23. The number of ether oxygens (including phenoxy) is 1. The van der Waals surface area contributed by atoms with Crippen molar-refractivity contribution in [2.24, 2.45) is 11.8 Å². The van der Waals surface area contributed by atoms with E-state index in [0.717, 1.165) is 43.6 Å². The predicted octanol–water partition coefficient (Wildman–Crippen LogP) is 2.87. The van der Waals surface area contributed by atoms with Crippen LogP contribution in [-0.2, 0) is 16.0 Å². The Morgan fingerprint density at radius 2 is 2.00 bits per heavy atom. The lowest BCUT2D eigenvalue weighted by molar-refractivity contribution is -0.146. The minimum Gasteiger partial charge on any atom is -0.469 e. The second-order valence-electron chi connectivity index (χ2n) is 6.40. The molecule has 0 unspecified atom stereocenters. The molecule has 1 fully saturated rings. The average molecular weight is 301 g/mol. The van der Waals surface area contributed by atoms with Gasteiger partial charge in [0.2, 0.25) is 0 Å². The van der Waals surface area contributed by atoms with Gasteiger partial charge >= 0.3 is 5.97 Å². The molecule has 5 heteroatoms. The van der Waals surface area contributed by atoms with E-state index in [1.165, 1.54) is 18.2 Å². The molecule has 0 aliphatic heterocycles. The SMILES string of the molecule is COC(=O)[C@H]1CC[C@H](Cc2cn3c(C)nnc3cc2C)CC1. The van der Waals surface area contributed by atoms with Gasteiger partial charge in [-0.05, 0) is 69.1 Å². The van der Waals surface area contributed by atoms with Crippen molar-refractivity contribution in [3.05, 3.63) is 29.2 Å². The number of hydrogen-bond acceptors (Lipinski definition) is 4. The fraction of sp³-hybridized carbons (Fsp3) is 0.588. The lowest BCUT2D eigenvalue weighted by atomic mass is 9.79. The molecular formula is C17H23N3O2. The van der Waals surface area contributed by atoms with E-state index in [1.807, 2.05) is 6.92 Å². The molecule has 0 bridgehead atoms. The second kappa shape index (κ2) is 6.07. The molecule has 1 aliphatic rings. The normalized spacial score (nSPS) is 22.0. The Bertz CT molecular complexity index is 685. The summed E-state index contributed by atoms with van der Waals surface area (Å²) in [4.78, 5) is 11.6. The molecule has 5 nitrogen and oxygen atoms in total. The van der Waals surface area contributed by atoms with Gasteiger partial charge < -0.3 is 4.74 Å². The number of methoxy groups -OCH3 is 1. The number of fused-ring (bicyclic) bond motifs is 1. The van der Waals surface area contributed by atoms with Gasteiger partial charge in [-0.1, -0.05) is 0 Å². The van der Waals surface area contributed by atoms with Gasteiger partial charge in [0.15, 0.2) is 5.65 Å². The maximum atomic E-state index is 11.6. The summed E-state index contributed by atoms with van der Waals surface area (Å²) in [7, 11) is 1.48. The molecule has 0 spiro atoms. The molecule has 0 N–H and O–H groups in total. The molecule has 0 saturated heterocycles. The molecule has 3 rings (SSSR count). The van der Waals surface area contributed by atoms with Crippen LogP contribution in [0.4, 0.5) is 0 Å². The van der Waals surface area contributed by atoms with E-state index in [0.29, 0.717) is 5.92 Å². The van der Waals surface area contributed by atoms with Crippen LogP contribution in [0, 0.1) is 25.7 Å². The van der Waals surface area contributed by atoms with Crippen LogP contribution >= 0.6 is 0 Å². The van der Waals surface area contributed by atoms with Gasteiger partial charge in [0.25, 0.3) is 0 Å². The first kappa shape index (κ1) is 15.0. The first-order chi connectivity index (χ1) is 10.6. The van der Waals surface area contributed by atoms with E-state index in [4.69, 9.17) is 4.74 Å². The van der Waals surface area contributed by atoms with Crippen molar-refractivity contribution in [2.75, 3.05) is 7.11 Å². The van der Waals surface area contributed by atoms with Gasteiger partial charge in [-0.15, -0.1) is 10.2 Å². The summed E-state index contributed by atoms with van der Waals surface area (Å²) in [5, 5.41) is 8.29. The summed E-state index contributed by atoms with van der Waals surface area (Å²) < 4.78 is 6.92. The first-order valence-electron chi connectivity index (χ1n) is 7.97. The van der Waals surface area contributed by atoms with Crippen LogP contribution in [0.2, 0.25) is 0 Å².